The maximum atomic E-state index is 12.1. The summed E-state index contributed by atoms with van der Waals surface area (Å²) < 4.78 is 0. The first-order valence-corrected chi connectivity index (χ1v) is 8.08. The number of carbonyl (C=O) groups is 1. The van der Waals surface area contributed by atoms with Gasteiger partial charge in [0, 0.05) is 13.1 Å². The van der Waals surface area contributed by atoms with Crippen molar-refractivity contribution in [2.45, 2.75) is 39.3 Å². The summed E-state index contributed by atoms with van der Waals surface area (Å²) in [6.45, 7) is 4.66. The number of amides is 2. The molecule has 2 heterocycles. The minimum atomic E-state index is -0.0526. The number of hydrogen-bond acceptors (Lipinski definition) is 3. The molecule has 5 nitrogen and oxygen atoms in total. The zero-order valence-corrected chi connectivity index (χ0v) is 13.5. The van der Waals surface area contributed by atoms with Gasteiger partial charge in [0.1, 0.15) is 5.69 Å². The summed E-state index contributed by atoms with van der Waals surface area (Å²) in [6.07, 6.45) is 2.06. The molecule has 0 saturated carbocycles. The van der Waals surface area contributed by atoms with Gasteiger partial charge in [0.25, 0.3) is 0 Å². The van der Waals surface area contributed by atoms with E-state index in [2.05, 4.69) is 22.4 Å². The highest BCUT2D eigenvalue weighted by Gasteiger charge is 2.13. The van der Waals surface area contributed by atoms with Gasteiger partial charge in [-0.3, -0.25) is 5.10 Å². The molecular weight excluding hydrogens is 284 g/mol. The topological polar surface area (TPSA) is 61.0 Å². The second kappa shape index (κ2) is 7.26. The van der Waals surface area contributed by atoms with E-state index in [1.165, 1.54) is 0 Å². The molecule has 2 aromatic rings. The monoisotopic (exact) mass is 306 g/mol. The third-order valence-electron chi connectivity index (χ3n) is 3.25. The summed E-state index contributed by atoms with van der Waals surface area (Å²) in [5.74, 6) is 0. The molecule has 0 spiro atoms. The Morgan fingerprint density at radius 2 is 2.38 bits per heavy atom. The Kier molecular flexibility index (Phi) is 5.38. The number of aromatic nitrogens is 2. The predicted molar refractivity (Wildman–Crippen MR) is 86.3 cm³/mol. The van der Waals surface area contributed by atoms with Crippen LogP contribution in [0.2, 0.25) is 0 Å². The fourth-order valence-corrected chi connectivity index (χ4v) is 2.83. The first-order valence-electron chi connectivity index (χ1n) is 7.20. The van der Waals surface area contributed by atoms with E-state index >= 15 is 0 Å². The lowest BCUT2D eigenvalue weighted by molar-refractivity contribution is 0.202. The lowest BCUT2D eigenvalue weighted by Gasteiger charge is -2.20. The van der Waals surface area contributed by atoms with Gasteiger partial charge in [0.15, 0.2) is 0 Å². The number of aromatic amines is 1. The Balaban J connectivity index is 1.90. The number of rotatable bonds is 6. The van der Waals surface area contributed by atoms with E-state index in [1.807, 2.05) is 30.5 Å². The van der Waals surface area contributed by atoms with Gasteiger partial charge < -0.3 is 10.2 Å². The average molecular weight is 306 g/mol. The molecule has 6 heteroatoms. The molecule has 0 aliphatic heterocycles. The van der Waals surface area contributed by atoms with Crippen LogP contribution in [0.5, 0.6) is 0 Å². The van der Waals surface area contributed by atoms with Gasteiger partial charge in [-0.1, -0.05) is 19.4 Å². The van der Waals surface area contributed by atoms with Crippen LogP contribution in [-0.4, -0.2) is 34.2 Å². The molecule has 0 aliphatic carbocycles. The van der Waals surface area contributed by atoms with Gasteiger partial charge in [-0.2, -0.15) is 5.10 Å². The fraction of sp³-hybridized carbons (Fsp3) is 0.467. The van der Waals surface area contributed by atoms with Crippen LogP contribution in [0.15, 0.2) is 23.6 Å². The van der Waals surface area contributed by atoms with Gasteiger partial charge in [0.05, 0.1) is 17.1 Å². The third kappa shape index (κ3) is 4.32. The van der Waals surface area contributed by atoms with E-state index in [4.69, 9.17) is 0 Å². The SMILES string of the molecule is CCC[C@@H](C)NC(=O)N(C)Cc1cc(-c2cccs2)n[nH]1. The van der Waals surface area contributed by atoms with Crippen molar-refractivity contribution < 1.29 is 4.79 Å². The zero-order chi connectivity index (χ0) is 15.2. The lowest BCUT2D eigenvalue weighted by Crippen LogP contribution is -2.41. The summed E-state index contributed by atoms with van der Waals surface area (Å²) in [5.41, 5.74) is 1.85. The number of hydrogen-bond donors (Lipinski definition) is 2. The molecule has 2 amide bonds. The van der Waals surface area contributed by atoms with E-state index < -0.39 is 0 Å². The largest absolute Gasteiger partial charge is 0.336 e. The first kappa shape index (κ1) is 15.6. The quantitative estimate of drug-likeness (QED) is 0.858. The number of nitrogens with zero attached hydrogens (tertiary/aromatic N) is 2. The van der Waals surface area contributed by atoms with Crippen molar-refractivity contribution in [1.29, 1.82) is 0 Å². The van der Waals surface area contributed by atoms with E-state index in [0.29, 0.717) is 6.54 Å². The van der Waals surface area contributed by atoms with Crippen LogP contribution in [0, 0.1) is 0 Å². The van der Waals surface area contributed by atoms with Crippen LogP contribution in [-0.2, 0) is 6.54 Å². The Bertz CT molecular complexity index is 564. The second-order valence-electron chi connectivity index (χ2n) is 5.25. The highest BCUT2D eigenvalue weighted by atomic mass is 32.1. The van der Waals surface area contributed by atoms with Gasteiger partial charge in [0.2, 0.25) is 0 Å². The summed E-state index contributed by atoms with van der Waals surface area (Å²) >= 11 is 1.65. The molecule has 114 valence electrons. The molecular formula is C15H22N4OS. The molecule has 0 aromatic carbocycles. The number of H-pyrrole nitrogens is 1. The van der Waals surface area contributed by atoms with Crippen molar-refractivity contribution in [3.05, 3.63) is 29.3 Å². The summed E-state index contributed by atoms with van der Waals surface area (Å²) in [5, 5.41) is 12.3. The van der Waals surface area contributed by atoms with E-state index in [0.717, 1.165) is 29.1 Å². The normalized spacial score (nSPS) is 12.1. The summed E-state index contributed by atoms with van der Waals surface area (Å²) in [7, 11) is 1.79. The minimum Gasteiger partial charge on any atom is -0.336 e. The minimum absolute atomic E-state index is 0.0526. The van der Waals surface area contributed by atoms with Crippen LogP contribution >= 0.6 is 11.3 Å². The Morgan fingerprint density at radius 3 is 3.05 bits per heavy atom. The maximum absolute atomic E-state index is 12.1. The number of thiophene rings is 1. The highest BCUT2D eigenvalue weighted by Crippen LogP contribution is 2.23. The van der Waals surface area contributed by atoms with Crippen LogP contribution in [0.3, 0.4) is 0 Å². The van der Waals surface area contributed by atoms with Crippen molar-refractivity contribution >= 4 is 17.4 Å². The first-order chi connectivity index (χ1) is 10.1. The molecule has 2 N–H and O–H groups in total. The second-order valence-corrected chi connectivity index (χ2v) is 6.20. The van der Waals surface area contributed by atoms with Gasteiger partial charge in [-0.25, -0.2) is 4.79 Å². The van der Waals surface area contributed by atoms with Crippen molar-refractivity contribution in [1.82, 2.24) is 20.4 Å². The summed E-state index contributed by atoms with van der Waals surface area (Å²) in [4.78, 5) is 14.8. The predicted octanol–water partition coefficient (Wildman–Crippen LogP) is 3.47. The molecule has 2 aromatic heterocycles. The van der Waals surface area contributed by atoms with E-state index in [-0.39, 0.29) is 12.1 Å². The Labute approximate surface area is 129 Å². The zero-order valence-electron chi connectivity index (χ0n) is 12.7. The van der Waals surface area contributed by atoms with E-state index in [1.54, 1.807) is 23.3 Å². The van der Waals surface area contributed by atoms with Crippen molar-refractivity contribution in [2.75, 3.05) is 7.05 Å². The lowest BCUT2D eigenvalue weighted by atomic mass is 10.2. The Hall–Kier alpha value is -1.82. The third-order valence-corrected chi connectivity index (χ3v) is 4.14. The molecule has 21 heavy (non-hydrogen) atoms. The fourth-order valence-electron chi connectivity index (χ4n) is 2.15. The molecule has 0 aliphatic rings. The highest BCUT2D eigenvalue weighted by molar-refractivity contribution is 7.13. The Morgan fingerprint density at radius 1 is 1.57 bits per heavy atom. The van der Waals surface area contributed by atoms with Gasteiger partial charge in [-0.05, 0) is 30.9 Å². The van der Waals surface area contributed by atoms with Gasteiger partial charge in [-0.15, -0.1) is 11.3 Å². The molecule has 0 unspecified atom stereocenters. The van der Waals surface area contributed by atoms with E-state index in [9.17, 15) is 4.79 Å². The van der Waals surface area contributed by atoms with Crippen LogP contribution in [0.25, 0.3) is 10.6 Å². The molecule has 0 fully saturated rings. The smallest absolute Gasteiger partial charge is 0.317 e. The van der Waals surface area contributed by atoms with Crippen molar-refractivity contribution in [3.63, 3.8) is 0 Å². The molecule has 1 atom stereocenters. The van der Waals surface area contributed by atoms with Crippen LogP contribution in [0.4, 0.5) is 4.79 Å². The maximum Gasteiger partial charge on any atom is 0.317 e. The van der Waals surface area contributed by atoms with Crippen LogP contribution < -0.4 is 5.32 Å². The molecule has 0 bridgehead atoms. The van der Waals surface area contributed by atoms with Crippen molar-refractivity contribution in [2.24, 2.45) is 0 Å². The van der Waals surface area contributed by atoms with Crippen LogP contribution in [0.1, 0.15) is 32.4 Å². The number of carbonyl (C=O) groups excluding carboxylic acids is 1. The molecule has 0 saturated heterocycles. The van der Waals surface area contributed by atoms with Crippen molar-refractivity contribution in [3.8, 4) is 10.6 Å². The number of urea groups is 1. The summed E-state index contributed by atoms with van der Waals surface area (Å²) in [6, 6.07) is 6.18. The number of nitrogens with one attached hydrogen (secondary N) is 2. The standard InChI is InChI=1S/C15H22N4OS/c1-4-6-11(2)16-15(20)19(3)10-12-9-13(18-17-12)14-7-5-8-21-14/h5,7-9,11H,4,6,10H2,1-3H3,(H,16,20)(H,17,18)/t11-/m1/s1. The average Bonchev–Trinajstić information content (AvgIpc) is 3.08. The molecule has 0 radical (unpaired) electrons. The molecule has 2 rings (SSSR count). The van der Waals surface area contributed by atoms with Gasteiger partial charge >= 0.3 is 6.03 Å².